The number of amides is 3. The predicted molar refractivity (Wildman–Crippen MR) is 101 cm³/mol. The Kier molecular flexibility index (Phi) is 4.90. The monoisotopic (exact) mass is 381 g/mol. The summed E-state index contributed by atoms with van der Waals surface area (Å²) in [7, 11) is 0. The van der Waals surface area contributed by atoms with Crippen LogP contribution in [0.1, 0.15) is 27.9 Å². The number of carbonyl (C=O) groups is 3. The standard InChI is InChI=1S/C21H23N3O4/c1-15-3-2-4-16(11-15)12-23-13-19(25)24-9-8-22(7-5-18(24)21(23)27)20(26)17-6-10-28-14-17/h2-4,6,10-11,14,18H,5,7-9,12-13H2,1H3. The minimum Gasteiger partial charge on any atom is -0.472 e. The van der Waals surface area contributed by atoms with Gasteiger partial charge in [0.2, 0.25) is 11.8 Å². The van der Waals surface area contributed by atoms with Gasteiger partial charge in [0.25, 0.3) is 5.91 Å². The summed E-state index contributed by atoms with van der Waals surface area (Å²) in [5.41, 5.74) is 2.62. The summed E-state index contributed by atoms with van der Waals surface area (Å²) in [6, 6.07) is 9.08. The number of carbonyl (C=O) groups excluding carboxylic acids is 3. The van der Waals surface area contributed by atoms with Crippen LogP contribution in [-0.2, 0) is 16.1 Å². The summed E-state index contributed by atoms with van der Waals surface area (Å²) in [6.07, 6.45) is 3.32. The van der Waals surface area contributed by atoms with Crippen LogP contribution in [0.15, 0.2) is 47.3 Å². The molecule has 0 aliphatic carbocycles. The average molecular weight is 381 g/mol. The van der Waals surface area contributed by atoms with Gasteiger partial charge in [0.1, 0.15) is 18.8 Å². The zero-order chi connectivity index (χ0) is 19.7. The van der Waals surface area contributed by atoms with Crippen molar-refractivity contribution < 1.29 is 18.8 Å². The van der Waals surface area contributed by atoms with Crippen molar-refractivity contribution in [3.05, 3.63) is 59.5 Å². The molecule has 3 heterocycles. The van der Waals surface area contributed by atoms with Crippen LogP contribution in [0.3, 0.4) is 0 Å². The van der Waals surface area contributed by atoms with E-state index in [9.17, 15) is 14.4 Å². The van der Waals surface area contributed by atoms with Gasteiger partial charge in [-0.15, -0.1) is 0 Å². The summed E-state index contributed by atoms with van der Waals surface area (Å²) in [4.78, 5) is 43.3. The smallest absolute Gasteiger partial charge is 0.257 e. The molecule has 2 fully saturated rings. The first kappa shape index (κ1) is 18.3. The molecule has 1 unspecified atom stereocenters. The SMILES string of the molecule is Cc1cccc(CN2CC(=O)N3CCN(C(=O)c4ccoc4)CCC3C2=O)c1. The number of nitrogens with zero attached hydrogens (tertiary/aromatic N) is 3. The van der Waals surface area contributed by atoms with Gasteiger partial charge in [-0.25, -0.2) is 0 Å². The van der Waals surface area contributed by atoms with E-state index < -0.39 is 6.04 Å². The van der Waals surface area contributed by atoms with E-state index >= 15 is 0 Å². The Morgan fingerprint density at radius 2 is 2.04 bits per heavy atom. The minimum absolute atomic E-state index is 0.0429. The Bertz CT molecular complexity index is 893. The summed E-state index contributed by atoms with van der Waals surface area (Å²) in [5.74, 6) is -0.237. The molecule has 0 spiro atoms. The van der Waals surface area contributed by atoms with E-state index in [2.05, 4.69) is 0 Å². The van der Waals surface area contributed by atoms with Crippen LogP contribution >= 0.6 is 0 Å². The molecule has 0 N–H and O–H groups in total. The highest BCUT2D eigenvalue weighted by molar-refractivity contribution is 5.96. The van der Waals surface area contributed by atoms with Crippen LogP contribution in [0.25, 0.3) is 0 Å². The number of hydrogen-bond acceptors (Lipinski definition) is 4. The number of hydrogen-bond donors (Lipinski definition) is 0. The van der Waals surface area contributed by atoms with E-state index in [1.165, 1.54) is 12.5 Å². The van der Waals surface area contributed by atoms with E-state index in [4.69, 9.17) is 4.42 Å². The zero-order valence-electron chi connectivity index (χ0n) is 15.8. The molecule has 1 aromatic heterocycles. The third kappa shape index (κ3) is 3.52. The van der Waals surface area contributed by atoms with Gasteiger partial charge < -0.3 is 19.1 Å². The Balaban J connectivity index is 1.48. The van der Waals surface area contributed by atoms with E-state index in [0.29, 0.717) is 38.2 Å². The van der Waals surface area contributed by atoms with Crippen molar-refractivity contribution >= 4 is 17.7 Å². The molecule has 2 aliphatic rings. The van der Waals surface area contributed by atoms with E-state index in [1.54, 1.807) is 20.8 Å². The molecule has 28 heavy (non-hydrogen) atoms. The van der Waals surface area contributed by atoms with Gasteiger partial charge in [0.15, 0.2) is 0 Å². The van der Waals surface area contributed by atoms with Gasteiger partial charge in [0, 0.05) is 26.2 Å². The highest BCUT2D eigenvalue weighted by Crippen LogP contribution is 2.22. The lowest BCUT2D eigenvalue weighted by Crippen LogP contribution is -2.59. The second kappa shape index (κ2) is 7.50. The van der Waals surface area contributed by atoms with E-state index in [-0.39, 0.29) is 24.3 Å². The van der Waals surface area contributed by atoms with Crippen molar-refractivity contribution in [1.82, 2.24) is 14.7 Å². The minimum atomic E-state index is -0.506. The molecule has 0 radical (unpaired) electrons. The number of piperazine rings is 1. The Labute approximate surface area is 163 Å². The maximum Gasteiger partial charge on any atom is 0.257 e. The molecule has 3 amide bonds. The molecule has 1 atom stereocenters. The van der Waals surface area contributed by atoms with Crippen molar-refractivity contribution in [2.45, 2.75) is 25.9 Å². The number of fused-ring (bicyclic) bond motifs is 1. The lowest BCUT2D eigenvalue weighted by molar-refractivity contribution is -0.156. The van der Waals surface area contributed by atoms with Crippen LogP contribution in [0.4, 0.5) is 0 Å². The van der Waals surface area contributed by atoms with Crippen LogP contribution < -0.4 is 0 Å². The van der Waals surface area contributed by atoms with Gasteiger partial charge in [-0.05, 0) is 25.0 Å². The summed E-state index contributed by atoms with van der Waals surface area (Å²) in [5, 5.41) is 0. The highest BCUT2D eigenvalue weighted by Gasteiger charge is 2.41. The topological polar surface area (TPSA) is 74.1 Å². The predicted octanol–water partition coefficient (Wildman–Crippen LogP) is 1.67. The quantitative estimate of drug-likeness (QED) is 0.811. The molecule has 4 rings (SSSR count). The highest BCUT2D eigenvalue weighted by atomic mass is 16.3. The second-order valence-electron chi connectivity index (χ2n) is 7.38. The fraction of sp³-hybridized carbons (Fsp3) is 0.381. The maximum atomic E-state index is 13.1. The first-order valence-corrected chi connectivity index (χ1v) is 9.48. The third-order valence-corrected chi connectivity index (χ3v) is 5.41. The molecule has 0 saturated carbocycles. The number of benzene rings is 1. The molecular weight excluding hydrogens is 358 g/mol. The molecule has 7 heteroatoms. The summed E-state index contributed by atoms with van der Waals surface area (Å²) >= 11 is 0. The summed E-state index contributed by atoms with van der Waals surface area (Å²) in [6.45, 7) is 3.73. The van der Waals surface area contributed by atoms with Gasteiger partial charge >= 0.3 is 0 Å². The molecule has 0 bridgehead atoms. The average Bonchev–Trinajstić information content (AvgIpc) is 3.11. The first-order valence-electron chi connectivity index (χ1n) is 9.48. The number of aryl methyl sites for hydroxylation is 1. The van der Waals surface area contributed by atoms with Crippen molar-refractivity contribution in [3.63, 3.8) is 0 Å². The lowest BCUT2D eigenvalue weighted by Gasteiger charge is -2.39. The molecule has 146 valence electrons. The van der Waals surface area contributed by atoms with Gasteiger partial charge in [0.05, 0.1) is 11.8 Å². The Morgan fingerprint density at radius 3 is 2.79 bits per heavy atom. The Morgan fingerprint density at radius 1 is 1.18 bits per heavy atom. The summed E-state index contributed by atoms with van der Waals surface area (Å²) < 4.78 is 4.99. The third-order valence-electron chi connectivity index (χ3n) is 5.41. The van der Waals surface area contributed by atoms with E-state index in [0.717, 1.165) is 11.1 Å². The largest absolute Gasteiger partial charge is 0.472 e. The Hall–Kier alpha value is -3.09. The molecule has 2 aliphatic heterocycles. The van der Waals surface area contributed by atoms with Crippen LogP contribution in [0.2, 0.25) is 0 Å². The zero-order valence-corrected chi connectivity index (χ0v) is 15.8. The van der Waals surface area contributed by atoms with Crippen molar-refractivity contribution in [3.8, 4) is 0 Å². The fourth-order valence-corrected chi connectivity index (χ4v) is 3.96. The van der Waals surface area contributed by atoms with Crippen molar-refractivity contribution in [2.24, 2.45) is 0 Å². The number of rotatable bonds is 3. The normalized spacial score (nSPS) is 20.2. The first-order chi connectivity index (χ1) is 13.5. The van der Waals surface area contributed by atoms with Crippen LogP contribution in [0, 0.1) is 6.92 Å². The second-order valence-corrected chi connectivity index (χ2v) is 7.38. The molecule has 1 aromatic carbocycles. The molecule has 2 aromatic rings. The van der Waals surface area contributed by atoms with Gasteiger partial charge in [-0.1, -0.05) is 29.8 Å². The van der Waals surface area contributed by atoms with Crippen LogP contribution in [-0.4, -0.2) is 64.6 Å². The molecule has 7 nitrogen and oxygen atoms in total. The number of furan rings is 1. The van der Waals surface area contributed by atoms with Gasteiger partial charge in [-0.2, -0.15) is 0 Å². The lowest BCUT2D eigenvalue weighted by atomic mass is 10.1. The molecular formula is C21H23N3O4. The van der Waals surface area contributed by atoms with E-state index in [1.807, 2.05) is 31.2 Å². The maximum absolute atomic E-state index is 13.1. The van der Waals surface area contributed by atoms with Crippen LogP contribution in [0.5, 0.6) is 0 Å². The molecule has 2 saturated heterocycles. The van der Waals surface area contributed by atoms with Crippen molar-refractivity contribution in [1.29, 1.82) is 0 Å². The van der Waals surface area contributed by atoms with Gasteiger partial charge in [-0.3, -0.25) is 14.4 Å². The fourth-order valence-electron chi connectivity index (χ4n) is 3.96. The van der Waals surface area contributed by atoms with Crippen molar-refractivity contribution in [2.75, 3.05) is 26.2 Å².